The highest BCUT2D eigenvalue weighted by Crippen LogP contribution is 2.42. The van der Waals surface area contributed by atoms with Crippen LogP contribution in [0.25, 0.3) is 0 Å². The highest BCUT2D eigenvalue weighted by molar-refractivity contribution is 5.76. The van der Waals surface area contributed by atoms with Crippen LogP contribution in [0.2, 0.25) is 0 Å². The largest absolute Gasteiger partial charge is 0.481 e. The monoisotopic (exact) mass is 245 g/mol. The van der Waals surface area contributed by atoms with Crippen molar-refractivity contribution in [1.82, 2.24) is 4.90 Å². The van der Waals surface area contributed by atoms with Gasteiger partial charge in [0.05, 0.1) is 5.41 Å². The fraction of sp³-hybridized carbons (Fsp3) is 0.533. The molecule has 0 radical (unpaired) electrons. The van der Waals surface area contributed by atoms with Gasteiger partial charge in [-0.1, -0.05) is 24.3 Å². The molecule has 3 heteroatoms. The third-order valence-corrected chi connectivity index (χ3v) is 4.13. The number of rotatable bonds is 4. The van der Waals surface area contributed by atoms with Crippen LogP contribution in [-0.4, -0.2) is 29.1 Å². The topological polar surface area (TPSA) is 40.5 Å². The number of carboxylic acids is 1. The Hall–Kier alpha value is -1.35. The van der Waals surface area contributed by atoms with Crippen LogP contribution in [0.3, 0.4) is 0 Å². The van der Waals surface area contributed by atoms with E-state index in [4.69, 9.17) is 5.11 Å². The van der Waals surface area contributed by atoms with Gasteiger partial charge in [0.1, 0.15) is 0 Å². The Bertz CT molecular complexity index is 473. The zero-order valence-electron chi connectivity index (χ0n) is 10.7. The van der Waals surface area contributed by atoms with Gasteiger partial charge in [0.15, 0.2) is 0 Å². The normalized spacial score (nSPS) is 22.5. The molecule has 18 heavy (non-hydrogen) atoms. The SMILES string of the molecule is CC1(C(=O)O)CN(Cc2ccccc2C2CC2)C1. The van der Waals surface area contributed by atoms with E-state index in [9.17, 15) is 4.79 Å². The Morgan fingerprint density at radius 3 is 2.67 bits per heavy atom. The lowest BCUT2D eigenvalue weighted by atomic mass is 9.81. The van der Waals surface area contributed by atoms with Crippen molar-refractivity contribution < 1.29 is 9.90 Å². The van der Waals surface area contributed by atoms with Crippen molar-refractivity contribution in [2.45, 2.75) is 32.2 Å². The standard InChI is InChI=1S/C15H19NO2/c1-15(14(17)18)9-16(10-15)8-12-4-2-3-5-13(12)11-6-7-11/h2-5,11H,6-10H2,1H3,(H,17,18). The quantitative estimate of drug-likeness (QED) is 0.886. The van der Waals surface area contributed by atoms with Crippen molar-refractivity contribution in [3.8, 4) is 0 Å². The van der Waals surface area contributed by atoms with E-state index >= 15 is 0 Å². The second kappa shape index (κ2) is 4.09. The van der Waals surface area contributed by atoms with Crippen LogP contribution in [-0.2, 0) is 11.3 Å². The molecule has 1 saturated carbocycles. The van der Waals surface area contributed by atoms with E-state index < -0.39 is 11.4 Å². The molecule has 3 rings (SSSR count). The molecule has 1 heterocycles. The molecule has 0 aromatic heterocycles. The number of nitrogens with zero attached hydrogens (tertiary/aromatic N) is 1. The maximum atomic E-state index is 11.1. The maximum Gasteiger partial charge on any atom is 0.311 e. The predicted molar refractivity (Wildman–Crippen MR) is 69.4 cm³/mol. The molecule has 0 atom stereocenters. The first-order chi connectivity index (χ1) is 8.58. The Kier molecular flexibility index (Phi) is 2.67. The summed E-state index contributed by atoms with van der Waals surface area (Å²) in [5, 5.41) is 9.10. The van der Waals surface area contributed by atoms with Crippen molar-refractivity contribution in [1.29, 1.82) is 0 Å². The molecule has 0 spiro atoms. The van der Waals surface area contributed by atoms with E-state index in [0.29, 0.717) is 13.1 Å². The molecule has 1 aliphatic heterocycles. The first-order valence-electron chi connectivity index (χ1n) is 6.62. The lowest BCUT2D eigenvalue weighted by Crippen LogP contribution is -2.58. The molecular weight excluding hydrogens is 226 g/mol. The third kappa shape index (κ3) is 2.03. The summed E-state index contributed by atoms with van der Waals surface area (Å²) in [6.07, 6.45) is 2.62. The molecule has 2 aliphatic rings. The summed E-state index contributed by atoms with van der Waals surface area (Å²) < 4.78 is 0. The molecule has 2 fully saturated rings. The molecule has 1 saturated heterocycles. The fourth-order valence-electron chi connectivity index (χ4n) is 2.90. The Morgan fingerprint density at radius 2 is 2.06 bits per heavy atom. The summed E-state index contributed by atoms with van der Waals surface area (Å²) >= 11 is 0. The zero-order valence-corrected chi connectivity index (χ0v) is 10.7. The first-order valence-corrected chi connectivity index (χ1v) is 6.62. The Labute approximate surface area is 107 Å². The molecule has 1 aromatic carbocycles. The van der Waals surface area contributed by atoms with E-state index in [1.54, 1.807) is 0 Å². The van der Waals surface area contributed by atoms with Gasteiger partial charge in [-0.2, -0.15) is 0 Å². The number of likely N-dealkylation sites (tertiary alicyclic amines) is 1. The van der Waals surface area contributed by atoms with Crippen LogP contribution < -0.4 is 0 Å². The van der Waals surface area contributed by atoms with E-state index in [1.807, 2.05) is 6.92 Å². The van der Waals surface area contributed by atoms with Crippen LogP contribution in [0, 0.1) is 5.41 Å². The molecular formula is C15H19NO2. The molecule has 96 valence electrons. The van der Waals surface area contributed by atoms with Crippen LogP contribution >= 0.6 is 0 Å². The van der Waals surface area contributed by atoms with Gasteiger partial charge >= 0.3 is 5.97 Å². The second-order valence-corrected chi connectivity index (χ2v) is 5.98. The summed E-state index contributed by atoms with van der Waals surface area (Å²) in [4.78, 5) is 13.3. The van der Waals surface area contributed by atoms with Crippen LogP contribution in [0.5, 0.6) is 0 Å². The number of carboxylic acid groups (broad SMARTS) is 1. The highest BCUT2D eigenvalue weighted by atomic mass is 16.4. The van der Waals surface area contributed by atoms with Gasteiger partial charge in [-0.25, -0.2) is 0 Å². The maximum absolute atomic E-state index is 11.1. The second-order valence-electron chi connectivity index (χ2n) is 5.98. The molecule has 0 bridgehead atoms. The minimum Gasteiger partial charge on any atom is -0.481 e. The molecule has 3 nitrogen and oxygen atoms in total. The predicted octanol–water partition coefficient (Wildman–Crippen LogP) is 2.47. The van der Waals surface area contributed by atoms with Crippen molar-refractivity contribution in [2.75, 3.05) is 13.1 Å². The summed E-state index contributed by atoms with van der Waals surface area (Å²) in [6.45, 7) is 4.07. The van der Waals surface area contributed by atoms with Gasteiger partial charge in [-0.15, -0.1) is 0 Å². The summed E-state index contributed by atoms with van der Waals surface area (Å²) in [5.74, 6) is 0.0857. The van der Waals surface area contributed by atoms with Crippen LogP contribution in [0.15, 0.2) is 24.3 Å². The minimum atomic E-state index is -0.672. The lowest BCUT2D eigenvalue weighted by Gasteiger charge is -2.45. The van der Waals surface area contributed by atoms with Crippen molar-refractivity contribution in [2.24, 2.45) is 5.41 Å². The molecule has 0 unspecified atom stereocenters. The van der Waals surface area contributed by atoms with Crippen molar-refractivity contribution in [3.63, 3.8) is 0 Å². The van der Waals surface area contributed by atoms with Crippen molar-refractivity contribution in [3.05, 3.63) is 35.4 Å². The Balaban J connectivity index is 1.66. The molecule has 1 aliphatic carbocycles. The first kappa shape index (κ1) is 11.7. The summed E-state index contributed by atoms with van der Waals surface area (Å²) in [6, 6.07) is 8.60. The van der Waals surface area contributed by atoms with E-state index in [0.717, 1.165) is 12.5 Å². The van der Waals surface area contributed by atoms with Gasteiger partial charge in [0.25, 0.3) is 0 Å². The lowest BCUT2D eigenvalue weighted by molar-refractivity contribution is -0.158. The number of hydrogen-bond donors (Lipinski definition) is 1. The van der Waals surface area contributed by atoms with E-state index in [2.05, 4.69) is 29.2 Å². The number of hydrogen-bond acceptors (Lipinski definition) is 2. The van der Waals surface area contributed by atoms with Crippen molar-refractivity contribution >= 4 is 5.97 Å². The summed E-state index contributed by atoms with van der Waals surface area (Å²) in [7, 11) is 0. The molecule has 1 aromatic rings. The van der Waals surface area contributed by atoms with Gasteiger partial charge < -0.3 is 5.11 Å². The van der Waals surface area contributed by atoms with Gasteiger partial charge in [-0.05, 0) is 36.8 Å². The Morgan fingerprint density at radius 1 is 1.39 bits per heavy atom. The molecule has 1 N–H and O–H groups in total. The smallest absolute Gasteiger partial charge is 0.311 e. The molecule has 0 amide bonds. The zero-order chi connectivity index (χ0) is 12.8. The number of carbonyl (C=O) groups is 1. The van der Waals surface area contributed by atoms with Gasteiger partial charge in [0, 0.05) is 19.6 Å². The third-order valence-electron chi connectivity index (χ3n) is 4.13. The number of benzene rings is 1. The van der Waals surface area contributed by atoms with Crippen LogP contribution in [0.4, 0.5) is 0 Å². The average Bonchev–Trinajstić information content (AvgIpc) is 3.11. The van der Waals surface area contributed by atoms with Gasteiger partial charge in [-0.3, -0.25) is 9.69 Å². The minimum absolute atomic E-state index is 0.533. The highest BCUT2D eigenvalue weighted by Gasteiger charge is 2.45. The number of aliphatic carboxylic acids is 1. The fourth-order valence-corrected chi connectivity index (χ4v) is 2.90. The average molecular weight is 245 g/mol. The van der Waals surface area contributed by atoms with Gasteiger partial charge in [0.2, 0.25) is 0 Å². The van der Waals surface area contributed by atoms with Crippen LogP contribution in [0.1, 0.15) is 36.8 Å². The van der Waals surface area contributed by atoms with E-state index in [1.165, 1.54) is 24.0 Å². The summed E-state index contributed by atoms with van der Waals surface area (Å²) in [5.41, 5.74) is 2.32. The van der Waals surface area contributed by atoms with E-state index in [-0.39, 0.29) is 0 Å².